The van der Waals surface area contributed by atoms with Crippen LogP contribution in [-0.2, 0) is 16.4 Å². The summed E-state index contributed by atoms with van der Waals surface area (Å²) in [6.45, 7) is 2.62. The largest absolute Gasteiger partial charge is 0.252 e. The van der Waals surface area contributed by atoms with Gasteiger partial charge in [0.25, 0.3) is 10.0 Å². The Kier molecular flexibility index (Phi) is 6.08. The Morgan fingerprint density at radius 1 is 1.30 bits per heavy atom. The molecule has 0 unspecified atom stereocenters. The number of hydrogen-bond acceptors (Lipinski definition) is 3. The first-order chi connectivity index (χ1) is 9.59. The number of nitrogens with zero attached hydrogens (tertiary/aromatic N) is 1. The van der Waals surface area contributed by atoms with Gasteiger partial charge in [-0.15, -0.1) is 11.3 Å². The summed E-state index contributed by atoms with van der Waals surface area (Å²) < 4.78 is 28.0. The van der Waals surface area contributed by atoms with Gasteiger partial charge in [0.1, 0.15) is 4.21 Å². The van der Waals surface area contributed by atoms with Crippen molar-refractivity contribution in [3.8, 4) is 0 Å². The van der Waals surface area contributed by atoms with E-state index in [1.54, 1.807) is 10.4 Å². The number of hydrogen-bond donors (Lipinski definition) is 0. The fourth-order valence-corrected chi connectivity index (χ4v) is 6.48. The summed E-state index contributed by atoms with van der Waals surface area (Å²) in [6.07, 6.45) is 6.41. The maximum Gasteiger partial charge on any atom is 0.252 e. The van der Waals surface area contributed by atoms with Gasteiger partial charge in [0.2, 0.25) is 0 Å². The van der Waals surface area contributed by atoms with Crippen LogP contribution in [0.4, 0.5) is 0 Å². The van der Waals surface area contributed by atoms with Crippen molar-refractivity contribution >= 4 is 37.3 Å². The Hall–Kier alpha value is 0.0900. The molecule has 3 nitrogen and oxygen atoms in total. The second kappa shape index (κ2) is 7.38. The predicted octanol–water partition coefficient (Wildman–Crippen LogP) is 4.03. The molecule has 1 aromatic heterocycles. The van der Waals surface area contributed by atoms with E-state index >= 15 is 0 Å². The van der Waals surface area contributed by atoms with E-state index in [4.69, 9.17) is 0 Å². The second-order valence-corrected chi connectivity index (χ2v) is 9.25. The van der Waals surface area contributed by atoms with Gasteiger partial charge in [-0.25, -0.2) is 8.42 Å². The molecule has 0 saturated heterocycles. The van der Waals surface area contributed by atoms with Crippen LogP contribution in [0.2, 0.25) is 0 Å². The Morgan fingerprint density at radius 3 is 2.55 bits per heavy atom. The number of alkyl halides is 1. The van der Waals surface area contributed by atoms with E-state index in [9.17, 15) is 8.42 Å². The molecule has 0 atom stereocenters. The van der Waals surface area contributed by atoms with E-state index in [1.165, 1.54) is 17.8 Å². The molecule has 1 fully saturated rings. The molecule has 6 heteroatoms. The summed E-state index contributed by atoms with van der Waals surface area (Å²) in [7, 11) is -3.33. The number of aryl methyl sites for hydroxylation is 1. The average Bonchev–Trinajstić information content (AvgIpc) is 2.95. The molecule has 0 amide bonds. The van der Waals surface area contributed by atoms with Crippen molar-refractivity contribution in [1.82, 2.24) is 4.31 Å². The minimum Gasteiger partial charge on any atom is -0.206 e. The Labute approximate surface area is 134 Å². The lowest BCUT2D eigenvalue weighted by molar-refractivity contribution is 0.263. The molecule has 1 aromatic rings. The number of thiophene rings is 1. The van der Waals surface area contributed by atoms with Gasteiger partial charge in [-0.2, -0.15) is 4.31 Å². The van der Waals surface area contributed by atoms with Crippen LogP contribution in [0.25, 0.3) is 0 Å². The summed E-state index contributed by atoms with van der Waals surface area (Å²) in [5, 5.41) is 0.689. The summed E-state index contributed by atoms with van der Waals surface area (Å²) in [5.74, 6) is 0. The molecule has 20 heavy (non-hydrogen) atoms. The molecule has 114 valence electrons. The normalized spacial score (nSPS) is 17.8. The Bertz CT molecular complexity index is 521. The smallest absolute Gasteiger partial charge is 0.206 e. The highest BCUT2D eigenvalue weighted by Gasteiger charge is 2.32. The van der Waals surface area contributed by atoms with E-state index in [2.05, 4.69) is 22.9 Å². The molecule has 1 saturated carbocycles. The van der Waals surface area contributed by atoms with Crippen LogP contribution >= 0.6 is 27.3 Å². The maximum absolute atomic E-state index is 12.9. The second-order valence-electron chi connectivity index (χ2n) is 5.17. The molecular formula is C14H22BrNO2S2. The Morgan fingerprint density at radius 2 is 2.00 bits per heavy atom. The molecule has 0 aliphatic heterocycles. The van der Waals surface area contributed by atoms with Crippen LogP contribution in [-0.4, -0.2) is 30.6 Å². The van der Waals surface area contributed by atoms with E-state index in [1.807, 2.05) is 6.07 Å². The van der Waals surface area contributed by atoms with Gasteiger partial charge in [0.05, 0.1) is 0 Å². The lowest BCUT2D eigenvalue weighted by Gasteiger charge is -2.32. The molecule has 0 aromatic carbocycles. The molecular weight excluding hydrogens is 358 g/mol. The topological polar surface area (TPSA) is 37.4 Å². The van der Waals surface area contributed by atoms with Crippen molar-refractivity contribution in [2.24, 2.45) is 0 Å². The first kappa shape index (κ1) is 16.5. The third kappa shape index (κ3) is 3.64. The summed E-state index contributed by atoms with van der Waals surface area (Å²) >= 11 is 4.81. The SMILES string of the molecule is CCc1ccc(S(=O)(=O)N(CCBr)C2CCCCC2)s1. The minimum absolute atomic E-state index is 0.179. The highest BCUT2D eigenvalue weighted by atomic mass is 79.9. The molecule has 1 aliphatic carbocycles. The van der Waals surface area contributed by atoms with Crippen molar-refractivity contribution in [3.63, 3.8) is 0 Å². The monoisotopic (exact) mass is 379 g/mol. The van der Waals surface area contributed by atoms with Crippen LogP contribution < -0.4 is 0 Å². The third-order valence-corrected chi connectivity index (χ3v) is 7.84. The molecule has 0 radical (unpaired) electrons. The lowest BCUT2D eigenvalue weighted by Crippen LogP contribution is -2.42. The van der Waals surface area contributed by atoms with Crippen molar-refractivity contribution in [2.45, 2.75) is 55.7 Å². The zero-order valence-electron chi connectivity index (χ0n) is 11.8. The van der Waals surface area contributed by atoms with Gasteiger partial charge in [-0.3, -0.25) is 0 Å². The fraction of sp³-hybridized carbons (Fsp3) is 0.714. The van der Waals surface area contributed by atoms with Gasteiger partial charge in [0, 0.05) is 22.8 Å². The van der Waals surface area contributed by atoms with E-state index in [0.29, 0.717) is 16.1 Å². The van der Waals surface area contributed by atoms with Gasteiger partial charge >= 0.3 is 0 Å². The van der Waals surface area contributed by atoms with E-state index in [0.717, 1.165) is 37.0 Å². The van der Waals surface area contributed by atoms with Gasteiger partial charge in [-0.05, 0) is 31.4 Å². The number of rotatable bonds is 6. The fourth-order valence-electron chi connectivity index (χ4n) is 2.75. The quantitative estimate of drug-likeness (QED) is 0.699. The number of sulfonamides is 1. The van der Waals surface area contributed by atoms with Crippen LogP contribution in [0.1, 0.15) is 43.9 Å². The molecule has 2 rings (SSSR count). The lowest BCUT2D eigenvalue weighted by atomic mass is 9.95. The number of halogens is 1. The molecule has 0 N–H and O–H groups in total. The van der Waals surface area contributed by atoms with E-state index < -0.39 is 10.0 Å². The van der Waals surface area contributed by atoms with Gasteiger partial charge in [0.15, 0.2) is 0 Å². The zero-order chi connectivity index (χ0) is 14.6. The standard InChI is InChI=1S/C14H22BrNO2S2/c1-2-13-8-9-14(19-13)20(17,18)16(11-10-15)12-6-4-3-5-7-12/h8-9,12H,2-7,10-11H2,1H3. The predicted molar refractivity (Wildman–Crippen MR) is 88.3 cm³/mol. The third-order valence-electron chi connectivity index (χ3n) is 3.84. The average molecular weight is 380 g/mol. The van der Waals surface area contributed by atoms with Crippen LogP contribution in [0.15, 0.2) is 16.3 Å². The highest BCUT2D eigenvalue weighted by molar-refractivity contribution is 9.09. The molecule has 0 spiro atoms. The van der Waals surface area contributed by atoms with Gasteiger partial charge in [-0.1, -0.05) is 42.1 Å². The maximum atomic E-state index is 12.9. The van der Waals surface area contributed by atoms with Crippen LogP contribution in [0.5, 0.6) is 0 Å². The first-order valence-electron chi connectivity index (χ1n) is 7.26. The summed E-state index contributed by atoms with van der Waals surface area (Å²) in [6, 6.07) is 3.88. The summed E-state index contributed by atoms with van der Waals surface area (Å²) in [4.78, 5) is 1.13. The molecule has 1 heterocycles. The minimum atomic E-state index is -3.33. The Balaban J connectivity index is 2.26. The van der Waals surface area contributed by atoms with Gasteiger partial charge < -0.3 is 0 Å². The van der Waals surface area contributed by atoms with Crippen LogP contribution in [0.3, 0.4) is 0 Å². The van der Waals surface area contributed by atoms with Crippen molar-refractivity contribution in [1.29, 1.82) is 0 Å². The van der Waals surface area contributed by atoms with Crippen LogP contribution in [0, 0.1) is 0 Å². The van der Waals surface area contributed by atoms with Crippen molar-refractivity contribution < 1.29 is 8.42 Å². The molecule has 1 aliphatic rings. The molecule has 0 bridgehead atoms. The van der Waals surface area contributed by atoms with E-state index in [-0.39, 0.29) is 6.04 Å². The highest BCUT2D eigenvalue weighted by Crippen LogP contribution is 2.31. The zero-order valence-corrected chi connectivity index (χ0v) is 15.1. The van der Waals surface area contributed by atoms with Crippen molar-refractivity contribution in [3.05, 3.63) is 17.0 Å². The first-order valence-corrected chi connectivity index (χ1v) is 10.6. The van der Waals surface area contributed by atoms with Crippen molar-refractivity contribution in [2.75, 3.05) is 11.9 Å². The summed E-state index contributed by atoms with van der Waals surface area (Å²) in [5.41, 5.74) is 0.